The van der Waals surface area contributed by atoms with Gasteiger partial charge in [-0.3, -0.25) is 4.72 Å². The summed E-state index contributed by atoms with van der Waals surface area (Å²) in [7, 11) is -1.87. The summed E-state index contributed by atoms with van der Waals surface area (Å²) in [5, 5.41) is 2.97. The first-order chi connectivity index (χ1) is 9.94. The van der Waals surface area contributed by atoms with Gasteiger partial charge in [0.25, 0.3) is 10.0 Å². The van der Waals surface area contributed by atoms with Crippen molar-refractivity contribution in [3.8, 4) is 0 Å². The lowest BCUT2D eigenvalue weighted by Crippen LogP contribution is -2.17. The molecule has 0 aromatic heterocycles. The Kier molecular flexibility index (Phi) is 5.43. The molecule has 0 fully saturated rings. The molecule has 0 aliphatic heterocycles. The quantitative estimate of drug-likeness (QED) is 0.755. The summed E-state index contributed by atoms with van der Waals surface area (Å²) in [5.41, 5.74) is 1.21. The van der Waals surface area contributed by atoms with Crippen molar-refractivity contribution in [3.63, 3.8) is 0 Å². The monoisotopic (exact) mass is 432 g/mol. The van der Waals surface area contributed by atoms with Crippen LogP contribution in [0.4, 0.5) is 5.69 Å². The number of halogens is 2. The molecule has 0 bridgehead atoms. The van der Waals surface area contributed by atoms with Crippen molar-refractivity contribution in [1.82, 2.24) is 5.32 Å². The van der Waals surface area contributed by atoms with E-state index >= 15 is 0 Å². The summed E-state index contributed by atoms with van der Waals surface area (Å²) in [6, 6.07) is 12.2. The minimum absolute atomic E-state index is 0.270. The van der Waals surface area contributed by atoms with Crippen LogP contribution < -0.4 is 10.0 Å². The Labute approximate surface area is 141 Å². The van der Waals surface area contributed by atoms with Crippen LogP contribution in [0.1, 0.15) is 5.56 Å². The molecule has 0 saturated carbocycles. The second-order valence-electron chi connectivity index (χ2n) is 4.37. The first-order valence-electron chi connectivity index (χ1n) is 6.14. The number of hydrogen-bond donors (Lipinski definition) is 2. The molecular formula is C14H14Br2N2O2S. The van der Waals surface area contributed by atoms with E-state index in [1.807, 2.05) is 12.1 Å². The molecule has 0 aliphatic carbocycles. The molecular weight excluding hydrogens is 420 g/mol. The Bertz CT molecular complexity index is 748. The van der Waals surface area contributed by atoms with E-state index in [9.17, 15) is 8.42 Å². The fourth-order valence-corrected chi connectivity index (χ4v) is 4.03. The molecule has 0 heterocycles. The highest BCUT2D eigenvalue weighted by Crippen LogP contribution is 2.29. The lowest BCUT2D eigenvalue weighted by Gasteiger charge is -2.13. The molecule has 7 heteroatoms. The molecule has 0 radical (unpaired) electrons. The van der Waals surface area contributed by atoms with E-state index < -0.39 is 10.0 Å². The van der Waals surface area contributed by atoms with E-state index in [1.165, 1.54) is 0 Å². The molecule has 2 rings (SSSR count). The van der Waals surface area contributed by atoms with Crippen LogP contribution in [0, 0.1) is 0 Å². The van der Waals surface area contributed by atoms with Gasteiger partial charge in [-0.15, -0.1) is 0 Å². The highest BCUT2D eigenvalue weighted by atomic mass is 79.9. The predicted molar refractivity (Wildman–Crippen MR) is 91.9 cm³/mol. The Balaban J connectivity index is 2.41. The van der Waals surface area contributed by atoms with Crippen molar-refractivity contribution < 1.29 is 8.42 Å². The lowest BCUT2D eigenvalue weighted by atomic mass is 10.2. The molecule has 112 valence electrons. The predicted octanol–water partition coefficient (Wildman–Crippen LogP) is 3.73. The largest absolute Gasteiger partial charge is 0.316 e. The number of benzene rings is 2. The van der Waals surface area contributed by atoms with E-state index in [-0.39, 0.29) is 4.90 Å². The third kappa shape index (κ3) is 4.06. The van der Waals surface area contributed by atoms with E-state index in [0.29, 0.717) is 16.7 Å². The SMILES string of the molecule is CNCc1ccccc1S(=O)(=O)Nc1cc(Br)ccc1Br. The van der Waals surface area contributed by atoms with Crippen molar-refractivity contribution in [2.24, 2.45) is 0 Å². The Morgan fingerprint density at radius 2 is 1.81 bits per heavy atom. The van der Waals surface area contributed by atoms with Crippen molar-refractivity contribution in [2.45, 2.75) is 11.4 Å². The normalized spacial score (nSPS) is 11.4. The number of anilines is 1. The second kappa shape index (κ2) is 6.91. The third-order valence-electron chi connectivity index (χ3n) is 2.80. The smallest absolute Gasteiger partial charge is 0.262 e. The van der Waals surface area contributed by atoms with Crippen LogP contribution in [-0.2, 0) is 16.6 Å². The third-order valence-corrected chi connectivity index (χ3v) is 5.45. The van der Waals surface area contributed by atoms with Crippen LogP contribution in [0.25, 0.3) is 0 Å². The average molecular weight is 434 g/mol. The molecule has 0 saturated heterocycles. The van der Waals surface area contributed by atoms with Gasteiger partial charge in [-0.2, -0.15) is 0 Å². The van der Waals surface area contributed by atoms with Crippen LogP contribution in [0.15, 0.2) is 56.3 Å². The topological polar surface area (TPSA) is 58.2 Å². The molecule has 0 unspecified atom stereocenters. The van der Waals surface area contributed by atoms with Gasteiger partial charge in [0, 0.05) is 15.5 Å². The average Bonchev–Trinajstić information content (AvgIpc) is 2.43. The minimum Gasteiger partial charge on any atom is -0.316 e. The maximum absolute atomic E-state index is 12.6. The molecule has 2 aromatic carbocycles. The molecule has 2 N–H and O–H groups in total. The zero-order chi connectivity index (χ0) is 15.5. The van der Waals surface area contributed by atoms with Crippen LogP contribution in [0.5, 0.6) is 0 Å². The molecule has 0 spiro atoms. The Morgan fingerprint density at radius 1 is 1.10 bits per heavy atom. The van der Waals surface area contributed by atoms with Crippen LogP contribution in [-0.4, -0.2) is 15.5 Å². The molecule has 0 amide bonds. The zero-order valence-corrected chi connectivity index (χ0v) is 15.2. The van der Waals surface area contributed by atoms with Crippen LogP contribution in [0.3, 0.4) is 0 Å². The van der Waals surface area contributed by atoms with Gasteiger partial charge in [-0.05, 0) is 52.8 Å². The van der Waals surface area contributed by atoms with Gasteiger partial charge in [-0.1, -0.05) is 34.1 Å². The molecule has 0 aliphatic rings. The number of sulfonamides is 1. The van der Waals surface area contributed by atoms with Gasteiger partial charge in [0.1, 0.15) is 0 Å². The molecule has 21 heavy (non-hydrogen) atoms. The molecule has 0 atom stereocenters. The second-order valence-corrected chi connectivity index (χ2v) is 7.79. The maximum Gasteiger partial charge on any atom is 0.262 e. The number of hydrogen-bond acceptors (Lipinski definition) is 3. The zero-order valence-electron chi connectivity index (χ0n) is 11.2. The first-order valence-corrected chi connectivity index (χ1v) is 9.21. The van der Waals surface area contributed by atoms with Gasteiger partial charge in [0.15, 0.2) is 0 Å². The first kappa shape index (κ1) is 16.5. The Hall–Kier alpha value is -0.890. The van der Waals surface area contributed by atoms with E-state index in [2.05, 4.69) is 41.9 Å². The van der Waals surface area contributed by atoms with Gasteiger partial charge < -0.3 is 5.32 Å². The van der Waals surface area contributed by atoms with E-state index in [0.717, 1.165) is 10.0 Å². The van der Waals surface area contributed by atoms with Gasteiger partial charge in [0.05, 0.1) is 10.6 Å². The van der Waals surface area contributed by atoms with Gasteiger partial charge in [0.2, 0.25) is 0 Å². The summed E-state index contributed by atoms with van der Waals surface area (Å²) in [6.07, 6.45) is 0. The van der Waals surface area contributed by atoms with E-state index in [1.54, 1.807) is 37.4 Å². The summed E-state index contributed by atoms with van der Waals surface area (Å²) in [5.74, 6) is 0. The highest BCUT2D eigenvalue weighted by Gasteiger charge is 2.19. The minimum atomic E-state index is -3.65. The lowest BCUT2D eigenvalue weighted by molar-refractivity contribution is 0.599. The molecule has 2 aromatic rings. The fourth-order valence-electron chi connectivity index (χ4n) is 1.88. The Morgan fingerprint density at radius 3 is 2.52 bits per heavy atom. The highest BCUT2D eigenvalue weighted by molar-refractivity contribution is 9.11. The maximum atomic E-state index is 12.6. The summed E-state index contributed by atoms with van der Waals surface area (Å²) in [4.78, 5) is 0.270. The summed E-state index contributed by atoms with van der Waals surface area (Å²) < 4.78 is 29.3. The van der Waals surface area contributed by atoms with Gasteiger partial charge >= 0.3 is 0 Å². The fraction of sp³-hybridized carbons (Fsp3) is 0.143. The van der Waals surface area contributed by atoms with Crippen LogP contribution >= 0.6 is 31.9 Å². The van der Waals surface area contributed by atoms with Crippen LogP contribution in [0.2, 0.25) is 0 Å². The van der Waals surface area contributed by atoms with Crippen molar-refractivity contribution in [3.05, 3.63) is 57.0 Å². The number of nitrogens with one attached hydrogen (secondary N) is 2. The van der Waals surface area contributed by atoms with Crippen molar-refractivity contribution in [1.29, 1.82) is 0 Å². The van der Waals surface area contributed by atoms with Gasteiger partial charge in [-0.25, -0.2) is 8.42 Å². The van der Waals surface area contributed by atoms with E-state index in [4.69, 9.17) is 0 Å². The van der Waals surface area contributed by atoms with Crippen molar-refractivity contribution >= 4 is 47.6 Å². The standard InChI is InChI=1S/C14H14Br2N2O2S/c1-17-9-10-4-2-3-5-14(10)21(19,20)18-13-8-11(15)6-7-12(13)16/h2-8,17-18H,9H2,1H3. The van der Waals surface area contributed by atoms with Crippen molar-refractivity contribution in [2.75, 3.05) is 11.8 Å². The summed E-state index contributed by atoms with van der Waals surface area (Å²) >= 11 is 6.68. The summed E-state index contributed by atoms with van der Waals surface area (Å²) in [6.45, 7) is 0.483. The number of rotatable bonds is 5. The molecule has 4 nitrogen and oxygen atoms in total.